The van der Waals surface area contributed by atoms with Gasteiger partial charge in [0.15, 0.2) is 0 Å². The molecule has 0 atom stereocenters. The second kappa shape index (κ2) is 5.05. The van der Waals surface area contributed by atoms with Crippen LogP contribution in [0, 0.1) is 6.92 Å². The van der Waals surface area contributed by atoms with Crippen molar-refractivity contribution >= 4 is 27.5 Å². The van der Waals surface area contributed by atoms with Crippen LogP contribution in [-0.4, -0.2) is 15.9 Å². The number of amides is 1. The van der Waals surface area contributed by atoms with E-state index in [2.05, 4.69) is 31.2 Å². The topological polar surface area (TPSA) is 54.9 Å². The molecule has 0 aliphatic heterocycles. The lowest BCUT2D eigenvalue weighted by atomic mass is 10.2. The Labute approximate surface area is 107 Å². The van der Waals surface area contributed by atoms with Crippen molar-refractivity contribution in [1.29, 1.82) is 0 Å². The van der Waals surface area contributed by atoms with E-state index >= 15 is 0 Å². The van der Waals surface area contributed by atoms with Crippen LogP contribution >= 0.6 is 15.9 Å². The summed E-state index contributed by atoms with van der Waals surface area (Å²) in [7, 11) is 0. The van der Waals surface area contributed by atoms with Gasteiger partial charge in [0.05, 0.1) is 17.4 Å². The molecular formula is C12H10BrN3O. The number of halogens is 1. The third-order valence-corrected chi connectivity index (χ3v) is 2.75. The van der Waals surface area contributed by atoms with Crippen LogP contribution in [0.1, 0.15) is 15.9 Å². The molecule has 0 fully saturated rings. The summed E-state index contributed by atoms with van der Waals surface area (Å²) in [5, 5.41) is 2.79. The summed E-state index contributed by atoms with van der Waals surface area (Å²) in [6.45, 7) is 1.91. The van der Waals surface area contributed by atoms with Crippen LogP contribution in [-0.2, 0) is 0 Å². The molecule has 4 nitrogen and oxygen atoms in total. The lowest BCUT2D eigenvalue weighted by Crippen LogP contribution is -2.13. The number of aromatic nitrogens is 2. The maximum absolute atomic E-state index is 11.9. The fourth-order valence-corrected chi connectivity index (χ4v) is 1.53. The second-order valence-corrected chi connectivity index (χ2v) is 4.33. The molecule has 1 N–H and O–H groups in total. The molecule has 0 aromatic carbocycles. The zero-order valence-electron chi connectivity index (χ0n) is 9.14. The van der Waals surface area contributed by atoms with Crippen LogP contribution in [0.4, 0.5) is 5.69 Å². The first kappa shape index (κ1) is 11.7. The molecule has 0 bridgehead atoms. The van der Waals surface area contributed by atoms with Crippen molar-refractivity contribution < 1.29 is 4.79 Å². The number of aryl methyl sites for hydroxylation is 1. The fourth-order valence-electron chi connectivity index (χ4n) is 1.30. The Morgan fingerprint density at radius 1 is 1.29 bits per heavy atom. The van der Waals surface area contributed by atoms with Gasteiger partial charge in [0.25, 0.3) is 5.91 Å². The Hall–Kier alpha value is -1.75. The molecule has 86 valence electrons. The molecule has 0 radical (unpaired) electrons. The Bertz CT molecular complexity index is 540. The van der Waals surface area contributed by atoms with Gasteiger partial charge < -0.3 is 5.32 Å². The number of rotatable bonds is 2. The van der Waals surface area contributed by atoms with Gasteiger partial charge in [-0.05, 0) is 46.6 Å². The Kier molecular flexibility index (Phi) is 3.49. The molecule has 0 aliphatic rings. The van der Waals surface area contributed by atoms with Gasteiger partial charge in [0.2, 0.25) is 0 Å². The third kappa shape index (κ3) is 2.88. The van der Waals surface area contributed by atoms with Gasteiger partial charge >= 0.3 is 0 Å². The van der Waals surface area contributed by atoms with Crippen LogP contribution in [0.3, 0.4) is 0 Å². The normalized spacial score (nSPS) is 10.0. The van der Waals surface area contributed by atoms with Gasteiger partial charge in [0.1, 0.15) is 4.60 Å². The predicted molar refractivity (Wildman–Crippen MR) is 68.9 cm³/mol. The SMILES string of the molecule is Cc1ccncc1NC(=O)c1ccc(Br)nc1. The number of hydrogen-bond acceptors (Lipinski definition) is 3. The lowest BCUT2D eigenvalue weighted by molar-refractivity contribution is 0.102. The molecular weight excluding hydrogens is 282 g/mol. The first-order chi connectivity index (χ1) is 8.16. The molecule has 5 heteroatoms. The van der Waals surface area contributed by atoms with E-state index < -0.39 is 0 Å². The smallest absolute Gasteiger partial charge is 0.257 e. The summed E-state index contributed by atoms with van der Waals surface area (Å²) >= 11 is 3.22. The second-order valence-electron chi connectivity index (χ2n) is 3.51. The molecule has 2 heterocycles. The molecule has 0 spiro atoms. The van der Waals surface area contributed by atoms with Crippen molar-refractivity contribution in [3.05, 3.63) is 52.5 Å². The van der Waals surface area contributed by atoms with Crippen molar-refractivity contribution in [3.63, 3.8) is 0 Å². The summed E-state index contributed by atoms with van der Waals surface area (Å²) in [6.07, 6.45) is 4.83. The number of nitrogens with one attached hydrogen (secondary N) is 1. The van der Waals surface area contributed by atoms with E-state index in [1.165, 1.54) is 6.20 Å². The van der Waals surface area contributed by atoms with Gasteiger partial charge in [-0.25, -0.2) is 4.98 Å². The van der Waals surface area contributed by atoms with Crippen molar-refractivity contribution in [2.24, 2.45) is 0 Å². The Morgan fingerprint density at radius 3 is 2.76 bits per heavy atom. The predicted octanol–water partition coefficient (Wildman–Crippen LogP) is 2.80. The summed E-state index contributed by atoms with van der Waals surface area (Å²) in [4.78, 5) is 19.9. The molecule has 0 aliphatic carbocycles. The average molecular weight is 292 g/mol. The monoisotopic (exact) mass is 291 g/mol. The zero-order chi connectivity index (χ0) is 12.3. The van der Waals surface area contributed by atoms with Crippen molar-refractivity contribution in [2.75, 3.05) is 5.32 Å². The number of pyridine rings is 2. The molecule has 1 amide bonds. The van der Waals surface area contributed by atoms with E-state index in [9.17, 15) is 4.79 Å². The lowest BCUT2D eigenvalue weighted by Gasteiger charge is -2.07. The molecule has 17 heavy (non-hydrogen) atoms. The maximum atomic E-state index is 11.9. The fraction of sp³-hybridized carbons (Fsp3) is 0.0833. The van der Waals surface area contributed by atoms with Crippen molar-refractivity contribution in [3.8, 4) is 0 Å². The van der Waals surface area contributed by atoms with E-state index in [4.69, 9.17) is 0 Å². The average Bonchev–Trinajstić information content (AvgIpc) is 2.33. The van der Waals surface area contributed by atoms with Crippen LogP contribution in [0.2, 0.25) is 0 Å². The Morgan fingerprint density at radius 2 is 2.12 bits per heavy atom. The number of hydrogen-bond donors (Lipinski definition) is 1. The summed E-state index contributed by atoms with van der Waals surface area (Å²) in [6, 6.07) is 5.28. The first-order valence-electron chi connectivity index (χ1n) is 5.00. The minimum atomic E-state index is -0.193. The number of nitrogens with zero attached hydrogens (tertiary/aromatic N) is 2. The maximum Gasteiger partial charge on any atom is 0.257 e. The number of anilines is 1. The highest BCUT2D eigenvalue weighted by molar-refractivity contribution is 9.10. The number of carbonyl (C=O) groups is 1. The van der Waals surface area contributed by atoms with Gasteiger partial charge in [-0.1, -0.05) is 0 Å². The van der Waals surface area contributed by atoms with E-state index in [-0.39, 0.29) is 5.91 Å². The van der Waals surface area contributed by atoms with Gasteiger partial charge in [-0.2, -0.15) is 0 Å². The van der Waals surface area contributed by atoms with Gasteiger partial charge in [0, 0.05) is 12.4 Å². The third-order valence-electron chi connectivity index (χ3n) is 2.28. The minimum Gasteiger partial charge on any atom is -0.320 e. The molecule has 2 rings (SSSR count). The van der Waals surface area contributed by atoms with Crippen LogP contribution in [0.25, 0.3) is 0 Å². The first-order valence-corrected chi connectivity index (χ1v) is 5.79. The van der Waals surface area contributed by atoms with Crippen LogP contribution in [0.15, 0.2) is 41.4 Å². The molecule has 0 unspecified atom stereocenters. The summed E-state index contributed by atoms with van der Waals surface area (Å²) in [5.74, 6) is -0.193. The summed E-state index contributed by atoms with van der Waals surface area (Å²) in [5.41, 5.74) is 2.19. The highest BCUT2D eigenvalue weighted by atomic mass is 79.9. The van der Waals surface area contributed by atoms with E-state index in [0.717, 1.165) is 5.56 Å². The van der Waals surface area contributed by atoms with E-state index in [1.54, 1.807) is 24.5 Å². The van der Waals surface area contributed by atoms with E-state index in [0.29, 0.717) is 15.9 Å². The van der Waals surface area contributed by atoms with Gasteiger partial charge in [-0.3, -0.25) is 9.78 Å². The quantitative estimate of drug-likeness (QED) is 0.866. The Balaban J connectivity index is 2.17. The van der Waals surface area contributed by atoms with E-state index in [1.807, 2.05) is 13.0 Å². The number of carbonyl (C=O) groups excluding carboxylic acids is 1. The van der Waals surface area contributed by atoms with Crippen LogP contribution in [0.5, 0.6) is 0 Å². The van der Waals surface area contributed by atoms with Crippen molar-refractivity contribution in [1.82, 2.24) is 9.97 Å². The highest BCUT2D eigenvalue weighted by Gasteiger charge is 2.07. The van der Waals surface area contributed by atoms with Crippen LogP contribution < -0.4 is 5.32 Å². The summed E-state index contributed by atoms with van der Waals surface area (Å²) < 4.78 is 0.701. The highest BCUT2D eigenvalue weighted by Crippen LogP contribution is 2.13. The largest absolute Gasteiger partial charge is 0.320 e. The van der Waals surface area contributed by atoms with Crippen molar-refractivity contribution in [2.45, 2.75) is 6.92 Å². The standard InChI is InChI=1S/C12H10BrN3O/c1-8-4-5-14-7-10(8)16-12(17)9-2-3-11(13)15-6-9/h2-7H,1H3,(H,16,17). The minimum absolute atomic E-state index is 0.193. The van der Waals surface area contributed by atoms with Gasteiger partial charge in [-0.15, -0.1) is 0 Å². The zero-order valence-corrected chi connectivity index (χ0v) is 10.7. The molecule has 2 aromatic rings. The molecule has 2 aromatic heterocycles. The molecule has 0 saturated carbocycles. The molecule has 0 saturated heterocycles.